The maximum absolute atomic E-state index is 10.8. The molecular weight excluding hydrogens is 354 g/mol. The highest BCUT2D eigenvalue weighted by Gasteiger charge is 2.33. The Hall–Kier alpha value is -1.48. The first-order valence-corrected chi connectivity index (χ1v) is 10.2. The fourth-order valence-corrected chi connectivity index (χ4v) is 5.73. The van der Waals surface area contributed by atoms with Crippen molar-refractivity contribution in [2.75, 3.05) is 27.2 Å². The lowest BCUT2D eigenvalue weighted by Crippen LogP contribution is -2.43. The van der Waals surface area contributed by atoms with E-state index in [1.54, 1.807) is 15.9 Å². The van der Waals surface area contributed by atoms with Crippen LogP contribution in [-0.2, 0) is 0 Å². The normalized spacial score (nSPS) is 18.4. The average Bonchev–Trinajstić information content (AvgIpc) is 3.29. The molecule has 1 aliphatic heterocycles. The van der Waals surface area contributed by atoms with Gasteiger partial charge in [0.2, 0.25) is 10.8 Å². The van der Waals surface area contributed by atoms with Crippen molar-refractivity contribution >= 4 is 27.6 Å². The van der Waals surface area contributed by atoms with Gasteiger partial charge in [-0.05, 0) is 58.4 Å². The van der Waals surface area contributed by atoms with Gasteiger partial charge in [0.05, 0.1) is 10.9 Å². The Morgan fingerprint density at radius 1 is 1.36 bits per heavy atom. The smallest absolute Gasteiger partial charge is 0.230 e. The number of fused-ring (bicyclic) bond motifs is 1. The maximum atomic E-state index is 10.8. The summed E-state index contributed by atoms with van der Waals surface area (Å²) in [4.78, 5) is 12.2. The second-order valence-electron chi connectivity index (χ2n) is 6.76. The van der Waals surface area contributed by atoms with Crippen LogP contribution < -0.4 is 0 Å². The van der Waals surface area contributed by atoms with Crippen molar-refractivity contribution in [1.82, 2.24) is 24.4 Å². The SMILES string of the molecule is Cc1nc2sc(C(c3cccs3)N(C)C3CCN(C)CC3)c(O)n2n1. The molecule has 3 aromatic rings. The van der Waals surface area contributed by atoms with Crippen molar-refractivity contribution < 1.29 is 5.11 Å². The summed E-state index contributed by atoms with van der Waals surface area (Å²) < 4.78 is 1.57. The van der Waals surface area contributed by atoms with Gasteiger partial charge in [-0.25, -0.2) is 4.98 Å². The Balaban J connectivity index is 1.73. The van der Waals surface area contributed by atoms with Crippen LogP contribution in [0.3, 0.4) is 0 Å². The lowest BCUT2D eigenvalue weighted by atomic mass is 10.0. The van der Waals surface area contributed by atoms with Crippen LogP contribution in [0.5, 0.6) is 5.88 Å². The fraction of sp³-hybridized carbons (Fsp3) is 0.529. The summed E-state index contributed by atoms with van der Waals surface area (Å²) in [5.41, 5.74) is 0. The van der Waals surface area contributed by atoms with Gasteiger partial charge in [0, 0.05) is 10.9 Å². The number of hydrogen-bond donors (Lipinski definition) is 1. The standard InChI is InChI=1S/C17H23N5OS2/c1-11-18-17-22(19-11)16(23)15(25-17)14(13-5-4-10-24-13)21(3)12-6-8-20(2)9-7-12/h4-5,10,12,14,23H,6-9H2,1-3H3. The van der Waals surface area contributed by atoms with E-state index in [1.807, 2.05) is 6.92 Å². The van der Waals surface area contributed by atoms with Gasteiger partial charge in [-0.15, -0.1) is 16.4 Å². The number of aromatic hydroxyl groups is 1. The zero-order chi connectivity index (χ0) is 17.6. The molecule has 0 spiro atoms. The fourth-order valence-electron chi connectivity index (χ4n) is 3.60. The molecule has 25 heavy (non-hydrogen) atoms. The van der Waals surface area contributed by atoms with Crippen LogP contribution in [0, 0.1) is 6.92 Å². The number of likely N-dealkylation sites (tertiary alicyclic amines) is 1. The summed E-state index contributed by atoms with van der Waals surface area (Å²) in [6.45, 7) is 4.08. The third-order valence-corrected chi connectivity index (χ3v) is 7.04. The van der Waals surface area contributed by atoms with Crippen LogP contribution >= 0.6 is 22.7 Å². The molecule has 1 atom stereocenters. The first-order chi connectivity index (χ1) is 12.0. The highest BCUT2D eigenvalue weighted by Crippen LogP contribution is 2.42. The van der Waals surface area contributed by atoms with Crippen molar-refractivity contribution in [1.29, 1.82) is 0 Å². The molecule has 1 saturated heterocycles. The summed E-state index contributed by atoms with van der Waals surface area (Å²) in [5, 5.41) is 17.2. The molecule has 3 aromatic heterocycles. The maximum Gasteiger partial charge on any atom is 0.230 e. The molecule has 1 unspecified atom stereocenters. The second kappa shape index (κ2) is 6.68. The zero-order valence-corrected chi connectivity index (χ0v) is 16.3. The Morgan fingerprint density at radius 3 is 2.76 bits per heavy atom. The third kappa shape index (κ3) is 3.08. The number of aryl methyl sites for hydroxylation is 1. The molecule has 134 valence electrons. The summed E-state index contributed by atoms with van der Waals surface area (Å²) in [6.07, 6.45) is 2.30. The van der Waals surface area contributed by atoms with E-state index in [0.717, 1.165) is 35.8 Å². The van der Waals surface area contributed by atoms with E-state index >= 15 is 0 Å². The Bertz CT molecular complexity index is 848. The van der Waals surface area contributed by atoms with Crippen LogP contribution in [0.1, 0.15) is 34.5 Å². The molecule has 0 radical (unpaired) electrons. The van der Waals surface area contributed by atoms with Crippen LogP contribution in [0.4, 0.5) is 0 Å². The minimum absolute atomic E-state index is 0.0437. The van der Waals surface area contributed by atoms with Crippen LogP contribution in [0.2, 0.25) is 0 Å². The second-order valence-corrected chi connectivity index (χ2v) is 8.75. The van der Waals surface area contributed by atoms with Gasteiger partial charge in [-0.2, -0.15) is 4.52 Å². The minimum Gasteiger partial charge on any atom is -0.492 e. The predicted molar refractivity (Wildman–Crippen MR) is 102 cm³/mol. The largest absolute Gasteiger partial charge is 0.492 e. The van der Waals surface area contributed by atoms with Crippen molar-refractivity contribution in [3.63, 3.8) is 0 Å². The Labute approximate surface area is 155 Å². The minimum atomic E-state index is 0.0437. The van der Waals surface area contributed by atoms with Crippen molar-refractivity contribution in [3.8, 4) is 5.88 Å². The Kier molecular flexibility index (Phi) is 4.53. The first kappa shape index (κ1) is 17.0. The van der Waals surface area contributed by atoms with E-state index < -0.39 is 0 Å². The highest BCUT2D eigenvalue weighted by atomic mass is 32.1. The van der Waals surface area contributed by atoms with Gasteiger partial charge in [0.15, 0.2) is 0 Å². The molecule has 0 aromatic carbocycles. The summed E-state index contributed by atoms with van der Waals surface area (Å²) in [6, 6.07) is 4.78. The lowest BCUT2D eigenvalue weighted by molar-refractivity contribution is 0.122. The summed E-state index contributed by atoms with van der Waals surface area (Å²) in [7, 11) is 4.36. The average molecular weight is 378 g/mol. The summed E-state index contributed by atoms with van der Waals surface area (Å²) in [5.74, 6) is 0.906. The molecule has 1 N–H and O–H groups in total. The van der Waals surface area contributed by atoms with E-state index in [-0.39, 0.29) is 11.9 Å². The molecule has 0 amide bonds. The van der Waals surface area contributed by atoms with Gasteiger partial charge < -0.3 is 10.0 Å². The van der Waals surface area contributed by atoms with E-state index in [1.165, 1.54) is 16.2 Å². The van der Waals surface area contributed by atoms with Crippen LogP contribution in [0.25, 0.3) is 4.96 Å². The molecule has 0 aliphatic carbocycles. The predicted octanol–water partition coefficient (Wildman–Crippen LogP) is 2.98. The molecule has 1 aliphatic rings. The Morgan fingerprint density at radius 2 is 2.12 bits per heavy atom. The van der Waals surface area contributed by atoms with Crippen LogP contribution in [-0.4, -0.2) is 62.7 Å². The number of thiophene rings is 1. The monoisotopic (exact) mass is 377 g/mol. The number of piperidine rings is 1. The zero-order valence-electron chi connectivity index (χ0n) is 14.7. The van der Waals surface area contributed by atoms with Crippen molar-refractivity contribution in [2.45, 2.75) is 31.8 Å². The lowest BCUT2D eigenvalue weighted by Gasteiger charge is -2.38. The van der Waals surface area contributed by atoms with E-state index in [2.05, 4.69) is 51.5 Å². The summed E-state index contributed by atoms with van der Waals surface area (Å²) >= 11 is 3.27. The van der Waals surface area contributed by atoms with Gasteiger partial charge in [-0.1, -0.05) is 17.4 Å². The highest BCUT2D eigenvalue weighted by molar-refractivity contribution is 7.17. The van der Waals surface area contributed by atoms with E-state index in [0.29, 0.717) is 11.9 Å². The third-order valence-electron chi connectivity index (χ3n) is 5.04. The number of hydrogen-bond acceptors (Lipinski definition) is 7. The number of rotatable bonds is 4. The van der Waals surface area contributed by atoms with Gasteiger partial charge >= 0.3 is 0 Å². The first-order valence-electron chi connectivity index (χ1n) is 8.53. The molecule has 8 heteroatoms. The molecule has 0 saturated carbocycles. The number of thiazole rings is 1. The molecular formula is C17H23N5OS2. The molecule has 0 bridgehead atoms. The van der Waals surface area contributed by atoms with Crippen molar-refractivity contribution in [2.24, 2.45) is 0 Å². The van der Waals surface area contributed by atoms with Crippen molar-refractivity contribution in [3.05, 3.63) is 33.1 Å². The van der Waals surface area contributed by atoms with Gasteiger partial charge in [0.25, 0.3) is 0 Å². The quantitative estimate of drug-likeness (QED) is 0.757. The van der Waals surface area contributed by atoms with Gasteiger partial charge in [-0.3, -0.25) is 4.90 Å². The molecule has 4 heterocycles. The van der Waals surface area contributed by atoms with Gasteiger partial charge in [0.1, 0.15) is 5.82 Å². The topological polar surface area (TPSA) is 56.9 Å². The number of aromatic nitrogens is 3. The van der Waals surface area contributed by atoms with Crippen LogP contribution in [0.15, 0.2) is 17.5 Å². The van der Waals surface area contributed by atoms with E-state index in [4.69, 9.17) is 0 Å². The molecule has 1 fully saturated rings. The molecule has 4 rings (SSSR count). The van der Waals surface area contributed by atoms with E-state index in [9.17, 15) is 5.11 Å². The number of nitrogens with zero attached hydrogens (tertiary/aromatic N) is 5. The molecule has 6 nitrogen and oxygen atoms in total.